The number of hydrogen-bond acceptors (Lipinski definition) is 3. The molecule has 0 heterocycles. The number of amides is 2. The van der Waals surface area contributed by atoms with Crippen LogP contribution in [0.25, 0.3) is 0 Å². The molecule has 14 heavy (non-hydrogen) atoms. The van der Waals surface area contributed by atoms with E-state index in [9.17, 15) is 9.59 Å². The van der Waals surface area contributed by atoms with Crippen molar-refractivity contribution >= 4 is 11.8 Å². The fourth-order valence-corrected chi connectivity index (χ4v) is 1.14. The zero-order valence-corrected chi connectivity index (χ0v) is 8.38. The van der Waals surface area contributed by atoms with Gasteiger partial charge >= 0.3 is 0 Å². The molecule has 0 aliphatic heterocycles. The van der Waals surface area contributed by atoms with Crippen molar-refractivity contribution in [3.63, 3.8) is 0 Å². The average molecular weight is 199 g/mol. The molecule has 1 saturated carbocycles. The maximum atomic E-state index is 11.2. The summed E-state index contributed by atoms with van der Waals surface area (Å²) in [4.78, 5) is 22.3. The number of carbonyl (C=O) groups is 2. The van der Waals surface area contributed by atoms with Gasteiger partial charge in [-0.3, -0.25) is 9.59 Å². The second-order valence-electron chi connectivity index (χ2n) is 3.57. The van der Waals surface area contributed by atoms with Crippen LogP contribution in [0, 0.1) is 5.92 Å². The van der Waals surface area contributed by atoms with E-state index in [4.69, 9.17) is 5.73 Å². The van der Waals surface area contributed by atoms with Crippen molar-refractivity contribution in [2.75, 3.05) is 13.1 Å². The molecule has 0 aromatic carbocycles. The number of carbonyl (C=O) groups excluding carboxylic acids is 2. The predicted octanol–water partition coefficient (Wildman–Crippen LogP) is -1.02. The zero-order valence-electron chi connectivity index (χ0n) is 8.38. The Hall–Kier alpha value is -1.10. The molecule has 1 aliphatic rings. The van der Waals surface area contributed by atoms with Crippen LogP contribution in [-0.4, -0.2) is 30.9 Å². The highest BCUT2D eigenvalue weighted by Crippen LogP contribution is 2.27. The molecule has 80 valence electrons. The Morgan fingerprint density at radius 3 is 2.57 bits per heavy atom. The minimum absolute atomic E-state index is 0.00583. The Kier molecular flexibility index (Phi) is 3.88. The van der Waals surface area contributed by atoms with Crippen molar-refractivity contribution < 1.29 is 9.59 Å². The molecule has 1 rings (SSSR count). The van der Waals surface area contributed by atoms with E-state index in [0.29, 0.717) is 6.54 Å². The lowest BCUT2D eigenvalue weighted by molar-refractivity contribution is -0.126. The third kappa shape index (κ3) is 3.33. The van der Waals surface area contributed by atoms with Crippen LogP contribution in [0.4, 0.5) is 0 Å². The molecule has 0 aromatic heterocycles. The number of rotatable bonds is 5. The monoisotopic (exact) mass is 199 g/mol. The quantitative estimate of drug-likeness (QED) is 0.529. The Labute approximate surface area is 83.4 Å². The lowest BCUT2D eigenvalue weighted by Gasteiger charge is -2.04. The Morgan fingerprint density at radius 2 is 2.07 bits per heavy atom. The molecule has 1 aliphatic carbocycles. The normalized spacial score (nSPS) is 24.1. The van der Waals surface area contributed by atoms with Crippen molar-refractivity contribution in [2.24, 2.45) is 11.7 Å². The van der Waals surface area contributed by atoms with Gasteiger partial charge in [-0.1, -0.05) is 6.92 Å². The van der Waals surface area contributed by atoms with Gasteiger partial charge in [0.2, 0.25) is 11.8 Å². The van der Waals surface area contributed by atoms with E-state index < -0.39 is 0 Å². The summed E-state index contributed by atoms with van der Waals surface area (Å²) in [6.45, 7) is 2.68. The first-order valence-corrected chi connectivity index (χ1v) is 4.95. The maximum absolute atomic E-state index is 11.2. The van der Waals surface area contributed by atoms with Gasteiger partial charge in [-0.15, -0.1) is 0 Å². The highest BCUT2D eigenvalue weighted by Gasteiger charge is 2.39. The fourth-order valence-electron chi connectivity index (χ4n) is 1.14. The molecule has 5 heteroatoms. The molecule has 2 unspecified atom stereocenters. The van der Waals surface area contributed by atoms with Crippen molar-refractivity contribution in [2.45, 2.75) is 25.8 Å². The zero-order chi connectivity index (χ0) is 10.6. The van der Waals surface area contributed by atoms with Crippen molar-refractivity contribution in [3.05, 3.63) is 0 Å². The molecule has 2 amide bonds. The average Bonchev–Trinajstić information content (AvgIpc) is 2.88. The minimum Gasteiger partial charge on any atom is -0.355 e. The molecule has 0 saturated heterocycles. The van der Waals surface area contributed by atoms with Gasteiger partial charge < -0.3 is 16.4 Å². The first-order chi connectivity index (χ1) is 6.65. The largest absolute Gasteiger partial charge is 0.355 e. The summed E-state index contributed by atoms with van der Waals surface area (Å²) in [6, 6.07) is -0.00583. The van der Waals surface area contributed by atoms with E-state index in [1.54, 1.807) is 0 Å². The third-order valence-corrected chi connectivity index (χ3v) is 2.17. The maximum Gasteiger partial charge on any atom is 0.239 e. The first-order valence-electron chi connectivity index (χ1n) is 4.95. The van der Waals surface area contributed by atoms with Crippen LogP contribution in [0.5, 0.6) is 0 Å². The van der Waals surface area contributed by atoms with Gasteiger partial charge in [-0.05, 0) is 12.8 Å². The topological polar surface area (TPSA) is 84.2 Å². The molecule has 0 bridgehead atoms. The number of hydrogen-bond donors (Lipinski definition) is 3. The smallest absolute Gasteiger partial charge is 0.239 e. The van der Waals surface area contributed by atoms with E-state index in [2.05, 4.69) is 10.6 Å². The lowest BCUT2D eigenvalue weighted by Crippen LogP contribution is -2.38. The van der Waals surface area contributed by atoms with Crippen molar-refractivity contribution in [1.82, 2.24) is 10.6 Å². The molecular formula is C9H17N3O2. The molecule has 0 spiro atoms. The summed E-state index contributed by atoms with van der Waals surface area (Å²) in [6.07, 6.45) is 1.63. The molecule has 4 N–H and O–H groups in total. The van der Waals surface area contributed by atoms with Gasteiger partial charge in [0.15, 0.2) is 0 Å². The molecule has 0 radical (unpaired) electrons. The summed E-state index contributed by atoms with van der Waals surface area (Å²) in [5, 5.41) is 5.23. The molecular weight excluding hydrogens is 182 g/mol. The van der Waals surface area contributed by atoms with Gasteiger partial charge in [0.25, 0.3) is 0 Å². The fraction of sp³-hybridized carbons (Fsp3) is 0.778. The Balaban J connectivity index is 2.07. The molecule has 2 atom stereocenters. The highest BCUT2D eigenvalue weighted by molar-refractivity contribution is 5.87. The predicted molar refractivity (Wildman–Crippen MR) is 52.4 cm³/mol. The highest BCUT2D eigenvalue weighted by atomic mass is 16.2. The van der Waals surface area contributed by atoms with Crippen LogP contribution in [0.1, 0.15) is 19.8 Å². The van der Waals surface area contributed by atoms with Gasteiger partial charge in [0.1, 0.15) is 0 Å². The summed E-state index contributed by atoms with van der Waals surface area (Å²) < 4.78 is 0. The van der Waals surface area contributed by atoms with E-state index in [0.717, 1.165) is 12.8 Å². The van der Waals surface area contributed by atoms with Crippen LogP contribution in [0.2, 0.25) is 0 Å². The lowest BCUT2D eigenvalue weighted by atomic mass is 10.3. The van der Waals surface area contributed by atoms with E-state index >= 15 is 0 Å². The molecule has 0 aromatic rings. The standard InChI is InChI=1S/C9H17N3O2/c1-2-3-11-8(13)5-12-9(14)6-4-7(6)10/h6-7H,2-5,10H2,1H3,(H,11,13)(H,12,14). The third-order valence-electron chi connectivity index (χ3n) is 2.17. The van der Waals surface area contributed by atoms with Gasteiger partial charge in [0, 0.05) is 12.6 Å². The van der Waals surface area contributed by atoms with Gasteiger partial charge in [-0.2, -0.15) is 0 Å². The van der Waals surface area contributed by atoms with Gasteiger partial charge in [0.05, 0.1) is 12.5 Å². The summed E-state index contributed by atoms with van der Waals surface area (Å²) in [5.74, 6) is -0.326. The van der Waals surface area contributed by atoms with Crippen LogP contribution in [0.15, 0.2) is 0 Å². The van der Waals surface area contributed by atoms with Crippen LogP contribution >= 0.6 is 0 Å². The van der Waals surface area contributed by atoms with Crippen LogP contribution in [-0.2, 0) is 9.59 Å². The molecule has 5 nitrogen and oxygen atoms in total. The van der Waals surface area contributed by atoms with Crippen LogP contribution in [0.3, 0.4) is 0 Å². The first kappa shape index (κ1) is 11.0. The number of nitrogens with two attached hydrogens (primary N) is 1. The Bertz CT molecular complexity index is 230. The van der Waals surface area contributed by atoms with Crippen LogP contribution < -0.4 is 16.4 Å². The Morgan fingerprint density at radius 1 is 1.43 bits per heavy atom. The summed E-state index contributed by atoms with van der Waals surface area (Å²) in [5.41, 5.74) is 5.49. The minimum atomic E-state index is -0.144. The van der Waals surface area contributed by atoms with Gasteiger partial charge in [-0.25, -0.2) is 0 Å². The SMILES string of the molecule is CCCNC(=O)CNC(=O)C1CC1N. The van der Waals surface area contributed by atoms with E-state index in [1.165, 1.54) is 0 Å². The summed E-state index contributed by atoms with van der Waals surface area (Å²) in [7, 11) is 0. The number of nitrogens with one attached hydrogen (secondary N) is 2. The second kappa shape index (κ2) is 4.95. The summed E-state index contributed by atoms with van der Waals surface area (Å²) >= 11 is 0. The van der Waals surface area contributed by atoms with Crippen molar-refractivity contribution in [3.8, 4) is 0 Å². The van der Waals surface area contributed by atoms with Crippen molar-refractivity contribution in [1.29, 1.82) is 0 Å². The second-order valence-corrected chi connectivity index (χ2v) is 3.57. The van der Waals surface area contributed by atoms with E-state index in [-0.39, 0.29) is 30.3 Å². The molecule has 1 fully saturated rings. The van der Waals surface area contributed by atoms with E-state index in [1.807, 2.05) is 6.92 Å².